The van der Waals surface area contributed by atoms with E-state index in [0.29, 0.717) is 35.7 Å². The Bertz CT molecular complexity index is 985. The van der Waals surface area contributed by atoms with E-state index >= 15 is 0 Å². The van der Waals surface area contributed by atoms with Crippen LogP contribution in [0.2, 0.25) is 0 Å². The van der Waals surface area contributed by atoms with E-state index in [4.69, 9.17) is 4.74 Å². The number of benzene rings is 1. The lowest BCUT2D eigenvalue weighted by Gasteiger charge is -2.13. The van der Waals surface area contributed by atoms with Gasteiger partial charge in [0.15, 0.2) is 15.8 Å². The average molecular weight is 417 g/mol. The number of nitrogens with one attached hydrogen (secondary N) is 2. The second-order valence-electron chi connectivity index (χ2n) is 7.41. The van der Waals surface area contributed by atoms with Crippen LogP contribution in [0.25, 0.3) is 0 Å². The summed E-state index contributed by atoms with van der Waals surface area (Å²) in [5.74, 6) is 2.00. The molecule has 0 radical (unpaired) electrons. The molecule has 0 bridgehead atoms. The first-order valence-electron chi connectivity index (χ1n) is 9.67. The third kappa shape index (κ3) is 6.45. The molecule has 1 fully saturated rings. The molecule has 0 unspecified atom stereocenters. The lowest BCUT2D eigenvalue weighted by molar-refractivity contribution is 0.288. The van der Waals surface area contributed by atoms with Crippen molar-refractivity contribution in [3.63, 3.8) is 0 Å². The Labute approximate surface area is 172 Å². The van der Waals surface area contributed by atoms with Crippen molar-refractivity contribution in [2.75, 3.05) is 19.9 Å². The SMILES string of the molecule is CN=C(NCc1ccnc(OCC2CC2)c1)NCc1ccc(S(C)(=O)=O)c(C)c1. The van der Waals surface area contributed by atoms with Crippen molar-refractivity contribution in [1.82, 2.24) is 15.6 Å². The zero-order valence-corrected chi connectivity index (χ0v) is 17.9. The van der Waals surface area contributed by atoms with Crippen LogP contribution >= 0.6 is 0 Å². The molecule has 7 nitrogen and oxygen atoms in total. The maximum Gasteiger partial charge on any atom is 0.213 e. The molecule has 1 aromatic heterocycles. The van der Waals surface area contributed by atoms with E-state index in [9.17, 15) is 8.42 Å². The van der Waals surface area contributed by atoms with Gasteiger partial charge in [-0.2, -0.15) is 0 Å². The number of hydrogen-bond donors (Lipinski definition) is 2. The maximum absolute atomic E-state index is 11.7. The van der Waals surface area contributed by atoms with E-state index in [1.54, 1.807) is 26.2 Å². The number of hydrogen-bond acceptors (Lipinski definition) is 5. The summed E-state index contributed by atoms with van der Waals surface area (Å²) in [6.45, 7) is 3.68. The number of sulfone groups is 1. The molecule has 1 heterocycles. The van der Waals surface area contributed by atoms with Crippen molar-refractivity contribution >= 4 is 15.8 Å². The van der Waals surface area contributed by atoms with Gasteiger partial charge < -0.3 is 15.4 Å². The van der Waals surface area contributed by atoms with Crippen molar-refractivity contribution in [3.8, 4) is 5.88 Å². The number of rotatable bonds is 8. The lowest BCUT2D eigenvalue weighted by atomic mass is 10.1. The first kappa shape index (κ1) is 21.1. The highest BCUT2D eigenvalue weighted by molar-refractivity contribution is 7.90. The average Bonchev–Trinajstić information content (AvgIpc) is 3.50. The Morgan fingerprint density at radius 3 is 2.45 bits per heavy atom. The van der Waals surface area contributed by atoms with Gasteiger partial charge in [-0.1, -0.05) is 12.1 Å². The smallest absolute Gasteiger partial charge is 0.213 e. The summed E-state index contributed by atoms with van der Waals surface area (Å²) >= 11 is 0. The number of aryl methyl sites for hydroxylation is 1. The zero-order valence-electron chi connectivity index (χ0n) is 17.1. The monoisotopic (exact) mass is 416 g/mol. The summed E-state index contributed by atoms with van der Waals surface area (Å²) in [4.78, 5) is 8.86. The summed E-state index contributed by atoms with van der Waals surface area (Å²) in [7, 11) is -1.49. The molecule has 0 spiro atoms. The van der Waals surface area contributed by atoms with Gasteiger partial charge >= 0.3 is 0 Å². The molecule has 3 rings (SSSR count). The zero-order chi connectivity index (χ0) is 20.9. The molecule has 1 aliphatic carbocycles. The van der Waals surface area contributed by atoms with Crippen molar-refractivity contribution in [1.29, 1.82) is 0 Å². The summed E-state index contributed by atoms with van der Waals surface area (Å²) in [5.41, 5.74) is 2.78. The van der Waals surface area contributed by atoms with Crippen molar-refractivity contribution in [2.45, 2.75) is 37.8 Å². The molecule has 1 aromatic carbocycles. The van der Waals surface area contributed by atoms with Gasteiger partial charge in [0.1, 0.15) is 0 Å². The van der Waals surface area contributed by atoms with Gasteiger partial charge in [0, 0.05) is 38.7 Å². The van der Waals surface area contributed by atoms with Crippen molar-refractivity contribution < 1.29 is 13.2 Å². The molecule has 1 aliphatic rings. The fourth-order valence-electron chi connectivity index (χ4n) is 2.96. The third-order valence-corrected chi connectivity index (χ3v) is 6.00. The molecule has 0 aliphatic heterocycles. The van der Waals surface area contributed by atoms with Crippen LogP contribution in [0.15, 0.2) is 46.4 Å². The Hall–Kier alpha value is -2.61. The predicted molar refractivity (Wildman–Crippen MR) is 114 cm³/mol. The molecule has 29 heavy (non-hydrogen) atoms. The second kappa shape index (κ2) is 9.26. The number of ether oxygens (including phenoxy) is 1. The minimum Gasteiger partial charge on any atom is -0.477 e. The Morgan fingerprint density at radius 1 is 1.17 bits per heavy atom. The van der Waals surface area contributed by atoms with Crippen LogP contribution in [0, 0.1) is 12.8 Å². The molecule has 2 aromatic rings. The number of guanidine groups is 1. The Balaban J connectivity index is 1.52. The van der Waals surface area contributed by atoms with Crippen LogP contribution in [0.5, 0.6) is 5.88 Å². The molecular formula is C21H28N4O3S. The van der Waals surface area contributed by atoms with E-state index in [1.165, 1.54) is 19.1 Å². The van der Waals surface area contributed by atoms with Gasteiger partial charge in [0.25, 0.3) is 0 Å². The van der Waals surface area contributed by atoms with Crippen molar-refractivity contribution in [3.05, 3.63) is 53.2 Å². The van der Waals surface area contributed by atoms with Crippen LogP contribution < -0.4 is 15.4 Å². The highest BCUT2D eigenvalue weighted by Crippen LogP contribution is 2.29. The van der Waals surface area contributed by atoms with Crippen LogP contribution in [0.1, 0.15) is 29.5 Å². The minimum atomic E-state index is -3.21. The van der Waals surface area contributed by atoms with Gasteiger partial charge in [-0.25, -0.2) is 13.4 Å². The summed E-state index contributed by atoms with van der Waals surface area (Å²) in [5, 5.41) is 6.52. The fourth-order valence-corrected chi connectivity index (χ4v) is 3.92. The first-order valence-corrected chi connectivity index (χ1v) is 11.6. The first-order chi connectivity index (χ1) is 13.8. The highest BCUT2D eigenvalue weighted by Gasteiger charge is 2.22. The lowest BCUT2D eigenvalue weighted by Crippen LogP contribution is -2.36. The number of nitrogens with zero attached hydrogens (tertiary/aromatic N) is 2. The topological polar surface area (TPSA) is 92.7 Å². The second-order valence-corrected chi connectivity index (χ2v) is 9.39. The van der Waals surface area contributed by atoms with Gasteiger partial charge in [-0.05, 0) is 54.5 Å². The quantitative estimate of drug-likeness (QED) is 0.507. The molecule has 1 saturated carbocycles. The number of pyridine rings is 1. The molecule has 2 N–H and O–H groups in total. The van der Waals surface area contributed by atoms with E-state index in [-0.39, 0.29) is 0 Å². The minimum absolute atomic E-state index is 0.362. The van der Waals surface area contributed by atoms with Crippen LogP contribution in [-0.2, 0) is 22.9 Å². The molecular weight excluding hydrogens is 388 g/mol. The maximum atomic E-state index is 11.7. The van der Waals surface area contributed by atoms with Gasteiger partial charge in [0.05, 0.1) is 11.5 Å². The standard InChI is InChI=1S/C21H28N4O3S/c1-15-10-17(6-7-19(15)29(3,26)27)12-24-21(22-2)25-13-18-8-9-23-20(11-18)28-14-16-4-5-16/h6-11,16H,4-5,12-14H2,1-3H3,(H2,22,24,25). The fraction of sp³-hybridized carbons (Fsp3) is 0.429. The van der Waals surface area contributed by atoms with Crippen molar-refractivity contribution in [2.24, 2.45) is 10.9 Å². The molecule has 8 heteroatoms. The Kier molecular flexibility index (Phi) is 6.74. The largest absolute Gasteiger partial charge is 0.477 e. The van der Waals surface area contributed by atoms with Gasteiger partial charge in [0.2, 0.25) is 5.88 Å². The number of aromatic nitrogens is 1. The van der Waals surface area contributed by atoms with Crippen LogP contribution in [0.3, 0.4) is 0 Å². The van der Waals surface area contributed by atoms with E-state index in [0.717, 1.165) is 23.3 Å². The summed E-state index contributed by atoms with van der Waals surface area (Å²) < 4.78 is 29.2. The molecule has 0 saturated heterocycles. The predicted octanol–water partition coefficient (Wildman–Crippen LogP) is 2.45. The van der Waals surface area contributed by atoms with Gasteiger partial charge in [-0.15, -0.1) is 0 Å². The highest BCUT2D eigenvalue weighted by atomic mass is 32.2. The molecule has 0 atom stereocenters. The van der Waals surface area contributed by atoms with E-state index < -0.39 is 9.84 Å². The Morgan fingerprint density at radius 2 is 1.86 bits per heavy atom. The van der Waals surface area contributed by atoms with Gasteiger partial charge in [-0.3, -0.25) is 4.99 Å². The number of aliphatic imine (C=N–C) groups is 1. The molecule has 0 amide bonds. The molecule has 156 valence electrons. The van der Waals surface area contributed by atoms with E-state index in [2.05, 4.69) is 20.6 Å². The third-order valence-electron chi connectivity index (χ3n) is 4.75. The summed E-state index contributed by atoms with van der Waals surface area (Å²) in [6, 6.07) is 9.23. The van der Waals surface area contributed by atoms with Crippen LogP contribution in [0.4, 0.5) is 0 Å². The van der Waals surface area contributed by atoms with Crippen LogP contribution in [-0.4, -0.2) is 39.3 Å². The van der Waals surface area contributed by atoms with E-state index in [1.807, 2.05) is 24.3 Å². The normalized spacial score (nSPS) is 14.5. The summed E-state index contributed by atoms with van der Waals surface area (Å²) in [6.07, 6.45) is 5.47.